The number of carbonyl (C=O) groups excluding carboxylic acids is 2. The molecule has 3 rings (SSSR count). The van der Waals surface area contributed by atoms with Crippen LogP contribution < -0.4 is 10.6 Å². The van der Waals surface area contributed by atoms with Gasteiger partial charge in [-0.3, -0.25) is 9.59 Å². The molecule has 6 heteroatoms. The molecule has 0 radical (unpaired) electrons. The summed E-state index contributed by atoms with van der Waals surface area (Å²) in [6.07, 6.45) is 7.39. The van der Waals surface area contributed by atoms with Crippen LogP contribution in [0.15, 0.2) is 24.3 Å². The fraction of sp³-hybridized carbons (Fsp3) is 0.526. The summed E-state index contributed by atoms with van der Waals surface area (Å²) in [7, 11) is 0. The fourth-order valence-corrected chi connectivity index (χ4v) is 3.88. The number of nitrogens with one attached hydrogen (secondary N) is 2. The van der Waals surface area contributed by atoms with E-state index in [0.717, 1.165) is 44.5 Å². The lowest BCUT2D eigenvalue weighted by Crippen LogP contribution is -2.35. The topological polar surface area (TPSA) is 61.4 Å². The van der Waals surface area contributed by atoms with Crippen LogP contribution in [-0.4, -0.2) is 34.9 Å². The van der Waals surface area contributed by atoms with E-state index in [4.69, 9.17) is 12.2 Å². The molecule has 1 aliphatic carbocycles. The van der Waals surface area contributed by atoms with E-state index in [1.807, 2.05) is 23.1 Å². The van der Waals surface area contributed by atoms with E-state index < -0.39 is 0 Å². The maximum absolute atomic E-state index is 12.5. The average molecular weight is 359 g/mol. The van der Waals surface area contributed by atoms with Crippen molar-refractivity contribution in [2.45, 2.75) is 44.9 Å². The number of carbonyl (C=O) groups is 2. The highest BCUT2D eigenvalue weighted by Crippen LogP contribution is 2.27. The summed E-state index contributed by atoms with van der Waals surface area (Å²) in [6.45, 7) is 1.65. The first-order chi connectivity index (χ1) is 12.1. The number of anilines is 1. The zero-order chi connectivity index (χ0) is 17.6. The second kappa shape index (κ2) is 8.43. The Kier molecular flexibility index (Phi) is 6.02. The predicted molar refractivity (Wildman–Crippen MR) is 103 cm³/mol. The van der Waals surface area contributed by atoms with Gasteiger partial charge in [0.25, 0.3) is 5.91 Å². The molecule has 0 aromatic heterocycles. The van der Waals surface area contributed by atoms with E-state index in [1.54, 1.807) is 6.07 Å². The molecule has 2 N–H and O–H groups in total. The molecule has 5 nitrogen and oxygen atoms in total. The van der Waals surface area contributed by atoms with Crippen LogP contribution in [-0.2, 0) is 4.79 Å². The molecule has 0 atom stereocenters. The van der Waals surface area contributed by atoms with Crippen molar-refractivity contribution >= 4 is 34.8 Å². The number of benzene rings is 1. The standard InChI is InChI=1S/C19H25N3O2S/c23-17(12-14-6-1-2-7-14)21-19(25)20-16-9-5-8-15(13-16)18(24)22-10-3-4-11-22/h5,8-9,13-14H,1-4,6-7,10-12H2,(H2,20,21,23,25). The summed E-state index contributed by atoms with van der Waals surface area (Å²) >= 11 is 5.23. The third kappa shape index (κ3) is 5.01. The molecule has 1 saturated carbocycles. The van der Waals surface area contributed by atoms with Crippen LogP contribution in [0, 0.1) is 5.92 Å². The highest BCUT2D eigenvalue weighted by molar-refractivity contribution is 7.80. The van der Waals surface area contributed by atoms with Crippen LogP contribution in [0.4, 0.5) is 5.69 Å². The number of likely N-dealkylation sites (tertiary alicyclic amines) is 1. The Morgan fingerprint density at radius 3 is 2.56 bits per heavy atom. The molecule has 0 unspecified atom stereocenters. The van der Waals surface area contributed by atoms with Crippen molar-refractivity contribution in [1.29, 1.82) is 0 Å². The molecule has 0 spiro atoms. The first kappa shape index (κ1) is 17.9. The smallest absolute Gasteiger partial charge is 0.253 e. The number of rotatable bonds is 4. The van der Waals surface area contributed by atoms with Gasteiger partial charge in [-0.2, -0.15) is 0 Å². The summed E-state index contributed by atoms with van der Waals surface area (Å²) in [4.78, 5) is 26.4. The van der Waals surface area contributed by atoms with Gasteiger partial charge in [0.05, 0.1) is 0 Å². The van der Waals surface area contributed by atoms with Crippen molar-refractivity contribution < 1.29 is 9.59 Å². The number of nitrogens with zero attached hydrogens (tertiary/aromatic N) is 1. The summed E-state index contributed by atoms with van der Waals surface area (Å²) in [5.74, 6) is 0.509. The average Bonchev–Trinajstić information content (AvgIpc) is 3.27. The first-order valence-electron chi connectivity index (χ1n) is 9.12. The highest BCUT2D eigenvalue weighted by Gasteiger charge is 2.20. The lowest BCUT2D eigenvalue weighted by atomic mass is 10.0. The van der Waals surface area contributed by atoms with Crippen LogP contribution in [0.25, 0.3) is 0 Å². The zero-order valence-corrected chi connectivity index (χ0v) is 15.2. The number of hydrogen-bond donors (Lipinski definition) is 2. The minimum absolute atomic E-state index is 0.0336. The van der Waals surface area contributed by atoms with Crippen molar-refractivity contribution in [2.75, 3.05) is 18.4 Å². The van der Waals surface area contributed by atoms with Crippen molar-refractivity contribution in [3.63, 3.8) is 0 Å². The zero-order valence-electron chi connectivity index (χ0n) is 14.4. The Labute approximate surface area is 154 Å². The van der Waals surface area contributed by atoms with Gasteiger partial charge in [-0.25, -0.2) is 0 Å². The molecular weight excluding hydrogens is 334 g/mol. The third-order valence-corrected chi connectivity index (χ3v) is 5.17. The highest BCUT2D eigenvalue weighted by atomic mass is 32.1. The van der Waals surface area contributed by atoms with E-state index >= 15 is 0 Å². The van der Waals surface area contributed by atoms with Gasteiger partial charge in [-0.1, -0.05) is 18.9 Å². The number of amides is 2. The van der Waals surface area contributed by atoms with Gasteiger partial charge in [0.15, 0.2) is 5.11 Å². The fourth-order valence-electron chi connectivity index (χ4n) is 3.65. The molecule has 2 fully saturated rings. The largest absolute Gasteiger partial charge is 0.339 e. The molecule has 1 aromatic rings. The molecule has 1 aliphatic heterocycles. The molecule has 25 heavy (non-hydrogen) atoms. The second-order valence-corrected chi connectivity index (χ2v) is 7.35. The van der Waals surface area contributed by atoms with E-state index in [9.17, 15) is 9.59 Å². The third-order valence-electron chi connectivity index (χ3n) is 4.96. The molecule has 2 aliphatic rings. The summed E-state index contributed by atoms with van der Waals surface area (Å²) in [5.41, 5.74) is 1.36. The van der Waals surface area contributed by atoms with E-state index in [-0.39, 0.29) is 16.9 Å². The van der Waals surface area contributed by atoms with Crippen LogP contribution >= 0.6 is 12.2 Å². The van der Waals surface area contributed by atoms with Crippen LogP contribution in [0.5, 0.6) is 0 Å². The van der Waals surface area contributed by atoms with Gasteiger partial charge in [0, 0.05) is 30.8 Å². The lowest BCUT2D eigenvalue weighted by molar-refractivity contribution is -0.120. The van der Waals surface area contributed by atoms with Crippen molar-refractivity contribution in [3.05, 3.63) is 29.8 Å². The molecule has 2 amide bonds. The predicted octanol–water partition coefficient (Wildman–Crippen LogP) is 3.32. The van der Waals surface area contributed by atoms with Crippen molar-refractivity contribution in [3.8, 4) is 0 Å². The molecule has 1 saturated heterocycles. The Morgan fingerprint density at radius 1 is 1.12 bits per heavy atom. The van der Waals surface area contributed by atoms with Gasteiger partial charge in [-0.05, 0) is 62.0 Å². The summed E-state index contributed by atoms with van der Waals surface area (Å²) in [6, 6.07) is 7.27. The molecule has 1 aromatic carbocycles. The van der Waals surface area contributed by atoms with Gasteiger partial charge >= 0.3 is 0 Å². The lowest BCUT2D eigenvalue weighted by Gasteiger charge is -2.16. The molecule has 0 bridgehead atoms. The minimum atomic E-state index is -0.0336. The summed E-state index contributed by atoms with van der Waals surface area (Å²) < 4.78 is 0. The maximum Gasteiger partial charge on any atom is 0.253 e. The molecule has 1 heterocycles. The molecular formula is C19H25N3O2S. The van der Waals surface area contributed by atoms with Crippen LogP contribution in [0.1, 0.15) is 55.3 Å². The van der Waals surface area contributed by atoms with Crippen LogP contribution in [0.3, 0.4) is 0 Å². The Balaban J connectivity index is 1.53. The van der Waals surface area contributed by atoms with E-state index in [2.05, 4.69) is 10.6 Å². The van der Waals surface area contributed by atoms with E-state index in [1.165, 1.54) is 12.8 Å². The normalized spacial score (nSPS) is 17.5. The quantitative estimate of drug-likeness (QED) is 0.810. The van der Waals surface area contributed by atoms with E-state index in [0.29, 0.717) is 17.9 Å². The molecule has 134 valence electrons. The van der Waals surface area contributed by atoms with Crippen LogP contribution in [0.2, 0.25) is 0 Å². The summed E-state index contributed by atoms with van der Waals surface area (Å²) in [5, 5.41) is 6.04. The Bertz CT molecular complexity index is 650. The number of hydrogen-bond acceptors (Lipinski definition) is 3. The SMILES string of the molecule is O=C(CC1CCCC1)NC(=S)Nc1cccc(C(=O)N2CCCC2)c1. The van der Waals surface area contributed by atoms with Gasteiger partial charge < -0.3 is 15.5 Å². The monoisotopic (exact) mass is 359 g/mol. The maximum atomic E-state index is 12.5. The second-order valence-electron chi connectivity index (χ2n) is 6.94. The Morgan fingerprint density at radius 2 is 1.84 bits per heavy atom. The Hall–Kier alpha value is -1.95. The van der Waals surface area contributed by atoms with Crippen molar-refractivity contribution in [1.82, 2.24) is 10.2 Å². The van der Waals surface area contributed by atoms with Gasteiger partial charge in [0.1, 0.15) is 0 Å². The van der Waals surface area contributed by atoms with Gasteiger partial charge in [0.2, 0.25) is 5.91 Å². The van der Waals surface area contributed by atoms with Gasteiger partial charge in [-0.15, -0.1) is 0 Å². The van der Waals surface area contributed by atoms with Crippen molar-refractivity contribution in [2.24, 2.45) is 5.92 Å². The first-order valence-corrected chi connectivity index (χ1v) is 9.53. The number of thiocarbonyl (C=S) groups is 1. The minimum Gasteiger partial charge on any atom is -0.339 e.